The Hall–Kier alpha value is -7.02. The third-order valence-electron chi connectivity index (χ3n) is 20.8. The van der Waals surface area contributed by atoms with E-state index in [-0.39, 0.29) is 229 Å². The third kappa shape index (κ3) is 42.3. The third-order valence-corrected chi connectivity index (χ3v) is 21.2. The van der Waals surface area contributed by atoms with Gasteiger partial charge in [-0.05, 0) is 99.5 Å². The summed E-state index contributed by atoms with van der Waals surface area (Å²) in [6.07, 6.45) is 12.1. The van der Waals surface area contributed by atoms with Crippen molar-refractivity contribution >= 4 is 119 Å². The van der Waals surface area contributed by atoms with E-state index in [2.05, 4.69) is 77.1 Å². The summed E-state index contributed by atoms with van der Waals surface area (Å²) in [4.78, 5) is 140. The molecule has 4 aromatic carbocycles. The Labute approximate surface area is 826 Å². The number of nitrogens with one attached hydrogen (secondary N) is 11. The Morgan fingerprint density at radius 3 is 0.930 bits per heavy atom. The smallest absolute Gasteiger partial charge is 0.237 e. The van der Waals surface area contributed by atoms with E-state index in [4.69, 9.17) is 35.2 Å². The molecule has 0 spiro atoms. The van der Waals surface area contributed by atoms with Crippen LogP contribution < -0.4 is 60.2 Å². The van der Waals surface area contributed by atoms with Crippen molar-refractivity contribution in [1.29, 1.82) is 0 Å². The van der Waals surface area contributed by atoms with Gasteiger partial charge >= 0.3 is 0 Å². The summed E-state index contributed by atoms with van der Waals surface area (Å²) in [5, 5.41) is 27.0. The molecule has 0 fully saturated rings. The zero-order chi connectivity index (χ0) is 89.9. The molecule has 8 rings (SSSR count). The van der Waals surface area contributed by atoms with Crippen LogP contribution in [0.25, 0.3) is 43.6 Å². The van der Waals surface area contributed by atoms with Crippen LogP contribution in [0.15, 0.2) is 122 Å². The molecule has 31 heteroatoms. The molecule has 0 aliphatic heterocycles. The number of hydrogen-bond acceptors (Lipinski definition) is 16. The number of benzene rings is 4. The molecule has 0 unspecified atom stereocenters. The van der Waals surface area contributed by atoms with E-state index in [0.29, 0.717) is 62.9 Å². The first-order valence-corrected chi connectivity index (χ1v) is 42.5. The van der Waals surface area contributed by atoms with Crippen LogP contribution in [-0.2, 0) is 158 Å². The summed E-state index contributed by atoms with van der Waals surface area (Å²) in [6.45, 7) is 39.3. The second-order valence-electron chi connectivity index (χ2n) is 36.9. The number of primary amides is 4. The fourth-order valence-electron chi connectivity index (χ4n) is 14.3. The van der Waals surface area contributed by atoms with Gasteiger partial charge in [0.25, 0.3) is 0 Å². The number of nitrogens with two attached hydrogens (primary N) is 4. The molecular weight excluding hydrogens is 2320 g/mol. The van der Waals surface area contributed by atoms with Gasteiger partial charge in [-0.25, -0.2) is 0 Å². The molecule has 0 saturated heterocycles. The SMILES string of the molecule is C.C.C.C.CC(C)N(C)[C@@H](CCC(N)=O)C(=O)N[C@@H](Cc1c[nH]c2ccccc12)C(=O)C(C)(C)C.CC(C)N[C@@H](CCC(N)=O)C(=O)N[C@@H](Cc1c[nH]c2ccccc12)C(=O)C(C)(C)C.CC(C)N[C@@H](CCC(N)=O)C(=S)N[C@@H](Cc1c[nH]c2ccccc12)C(=O)C(C)(C)C.CC(C)N[C@@H](CCC(N)=O)CN[C@@H](Cc1c[nH]c2ccccc12)C(=O)C(C)(C)C.[W].[W].[W].[W]. The van der Waals surface area contributed by atoms with Crippen molar-refractivity contribution in [2.24, 2.45) is 44.6 Å². The van der Waals surface area contributed by atoms with Gasteiger partial charge in [-0.1, -0.05) is 239 Å². The van der Waals surface area contributed by atoms with E-state index < -0.39 is 63.7 Å². The molecule has 0 saturated carbocycles. The second kappa shape index (κ2) is 59.5. The Kier molecular flexibility index (Phi) is 59.1. The zero-order valence-electron chi connectivity index (χ0n) is 76.5. The van der Waals surface area contributed by atoms with Gasteiger partial charge in [0.15, 0.2) is 23.1 Å². The number of thiocarbonyl (C=S) groups is 1. The van der Waals surface area contributed by atoms with Crippen LogP contribution in [0.1, 0.15) is 242 Å². The van der Waals surface area contributed by atoms with Gasteiger partial charge in [0.05, 0.1) is 47.3 Å². The number of carbonyl (C=O) groups is 10. The zero-order valence-corrected chi connectivity index (χ0v) is 89.1. The first-order chi connectivity index (χ1) is 56.0. The summed E-state index contributed by atoms with van der Waals surface area (Å²) < 4.78 is 0. The quantitative estimate of drug-likeness (QED) is 0.0158. The number of para-hydroxylation sites is 4. The maximum absolute atomic E-state index is 13.3. The molecule has 0 radical (unpaired) electrons. The standard InChI is InChI=1S/C24H36N4O3.C23H34N4O3.C23H34N4O2S.C23H36N4O2.4CH4.4W/c1-15(2)28(6)20(11-12-21(25)29)23(31)27-19(22(30)24(3,4)5)13-16-14-26-18-10-8-7-9-17(16)18;2*1-14(2)26-18(10-11-20(24)28)22(30)27-19(21(29)23(3,4)5)12-15-13-25-17-9-7-6-8-16(15)17;1-15(2)27-17(10-11-21(24)28)14-26-20(22(29)23(3,4)5)12-16-13-25-19-9-7-6-8-18(16)19;;;;;;;;/h7-10,14-15,19-20,26H,11-13H2,1-6H3,(H2,25,29)(H,27,31);2*6-9,13-14,18-19,25-26H,10-12H2,1-5H3,(H2,24,28)(H,27,30);6-9,13,15,17,20,25-27H,10-12,14H2,1-5H3,(H2,24,28);4*1H4;;;;/t19-,20-;2*18-,19-;17-,20-;;;;;;;;/m0000......../s1. The van der Waals surface area contributed by atoms with Gasteiger partial charge in [-0.3, -0.25) is 52.8 Å². The van der Waals surface area contributed by atoms with E-state index in [0.717, 1.165) is 65.9 Å². The number of likely N-dealkylation sites (N-methyl/N-ethyl adjacent to an activating group) is 1. The van der Waals surface area contributed by atoms with E-state index in [1.807, 2.05) is 252 Å². The number of rotatable bonds is 41. The van der Waals surface area contributed by atoms with Gasteiger partial charge in [0.1, 0.15) is 0 Å². The van der Waals surface area contributed by atoms with Crippen LogP contribution in [0.5, 0.6) is 0 Å². The van der Waals surface area contributed by atoms with Crippen molar-refractivity contribution in [3.05, 3.63) is 144 Å². The molecule has 6 amide bonds. The van der Waals surface area contributed by atoms with E-state index >= 15 is 0 Å². The Balaban J connectivity index is -0.000000785. The molecule has 8 atom stereocenters. The molecular formula is C97H156N16O10SW4. The Morgan fingerprint density at radius 2 is 0.625 bits per heavy atom. The largest absolute Gasteiger partial charge is 0.370 e. The van der Waals surface area contributed by atoms with Gasteiger partial charge in [0.2, 0.25) is 35.4 Å². The summed E-state index contributed by atoms with van der Waals surface area (Å²) >= 11 is 5.67. The van der Waals surface area contributed by atoms with Crippen molar-refractivity contribution in [3.8, 4) is 0 Å². The summed E-state index contributed by atoms with van der Waals surface area (Å²) in [6, 6.07) is 29.1. The normalized spacial score (nSPS) is 13.2. The number of fused-ring (bicyclic) bond motifs is 4. The van der Waals surface area contributed by atoms with Gasteiger partial charge in [-0.2, -0.15) is 0 Å². The number of Topliss-reactive ketones (excluding diaryl/α,β-unsaturated/α-hetero) is 4. The summed E-state index contributed by atoms with van der Waals surface area (Å²) in [7, 11) is 1.84. The minimum Gasteiger partial charge on any atom is -0.370 e. The minimum atomic E-state index is -0.679. The number of ketones is 4. The monoisotopic (exact) mass is 2470 g/mol. The molecule has 4 heterocycles. The maximum atomic E-state index is 13.3. The number of aromatic nitrogens is 4. The number of amides is 6. The molecule has 0 bridgehead atoms. The second-order valence-corrected chi connectivity index (χ2v) is 37.4. The van der Waals surface area contributed by atoms with Crippen molar-refractivity contribution in [1.82, 2.24) is 62.1 Å². The fraction of sp³-hybridized carbons (Fsp3) is 0.557. The van der Waals surface area contributed by atoms with Crippen LogP contribution in [0.4, 0.5) is 0 Å². The topological polar surface area (TPSA) is 425 Å². The molecule has 714 valence electrons. The molecule has 0 aliphatic rings. The number of hydrogen-bond donors (Lipinski definition) is 15. The van der Waals surface area contributed by atoms with Gasteiger partial charge in [-0.15, -0.1) is 0 Å². The van der Waals surface area contributed by atoms with Crippen LogP contribution in [-0.4, -0.2) is 174 Å². The van der Waals surface area contributed by atoms with Crippen LogP contribution in [0.2, 0.25) is 0 Å². The van der Waals surface area contributed by atoms with Gasteiger partial charge in [0, 0.05) is 256 Å². The number of carbonyl (C=O) groups excluding carboxylic acids is 10. The molecule has 128 heavy (non-hydrogen) atoms. The first kappa shape index (κ1) is 127. The van der Waals surface area contributed by atoms with Gasteiger partial charge < -0.3 is 80.1 Å². The predicted molar refractivity (Wildman–Crippen MR) is 515 cm³/mol. The minimum absolute atomic E-state index is 0. The van der Waals surface area contributed by atoms with Crippen LogP contribution in [0.3, 0.4) is 0 Å². The average molecular weight is 2470 g/mol. The summed E-state index contributed by atoms with van der Waals surface area (Å²) in [5.74, 6) is -1.94. The van der Waals surface area contributed by atoms with E-state index in [1.54, 1.807) is 0 Å². The van der Waals surface area contributed by atoms with Crippen molar-refractivity contribution in [3.63, 3.8) is 0 Å². The number of aromatic amines is 4. The molecule has 8 aromatic rings. The number of H-pyrrole nitrogens is 4. The first-order valence-electron chi connectivity index (χ1n) is 42.1. The summed E-state index contributed by atoms with van der Waals surface area (Å²) in [5.41, 5.74) is 27.3. The Bertz CT molecular complexity index is 4590. The Morgan fingerprint density at radius 1 is 0.359 bits per heavy atom. The molecule has 26 nitrogen and oxygen atoms in total. The van der Waals surface area contributed by atoms with Crippen LogP contribution in [0, 0.1) is 21.7 Å². The van der Waals surface area contributed by atoms with Crippen molar-refractivity contribution in [2.75, 3.05) is 13.6 Å². The predicted octanol–water partition coefficient (Wildman–Crippen LogP) is 13.9. The molecule has 4 aromatic heterocycles. The number of nitrogens with zero attached hydrogens (tertiary/aromatic N) is 1. The van der Waals surface area contributed by atoms with Crippen molar-refractivity contribution in [2.45, 2.75) is 318 Å². The van der Waals surface area contributed by atoms with Crippen molar-refractivity contribution < 1.29 is 132 Å². The molecule has 19 N–H and O–H groups in total. The van der Waals surface area contributed by atoms with E-state index in [9.17, 15) is 47.9 Å². The molecule has 0 aliphatic carbocycles. The fourth-order valence-corrected chi connectivity index (χ4v) is 14.6. The van der Waals surface area contributed by atoms with E-state index in [1.165, 1.54) is 0 Å². The van der Waals surface area contributed by atoms with Crippen LogP contribution >= 0.6 is 12.2 Å². The average Bonchev–Trinajstić information content (AvgIpc) is 1.65. The maximum Gasteiger partial charge on any atom is 0.237 e.